The van der Waals surface area contributed by atoms with Crippen molar-refractivity contribution in [3.05, 3.63) is 70.6 Å². The van der Waals surface area contributed by atoms with Crippen LogP contribution in [0.5, 0.6) is 0 Å². The summed E-state index contributed by atoms with van der Waals surface area (Å²) in [5.74, 6) is -0.151. The van der Waals surface area contributed by atoms with Crippen molar-refractivity contribution in [3.8, 4) is 0 Å². The minimum Gasteiger partial charge on any atom is -0.423 e. The summed E-state index contributed by atoms with van der Waals surface area (Å²) in [6.07, 6.45) is 3.64. The molecule has 1 aliphatic rings. The van der Waals surface area contributed by atoms with E-state index in [0.29, 0.717) is 35.7 Å². The van der Waals surface area contributed by atoms with Gasteiger partial charge in [-0.2, -0.15) is 4.31 Å². The molecule has 4 rings (SSSR count). The van der Waals surface area contributed by atoms with Crippen molar-refractivity contribution in [1.29, 1.82) is 0 Å². The monoisotopic (exact) mass is 440 g/mol. The fraction of sp³-hybridized carbons (Fsp3) is 0.304. The van der Waals surface area contributed by atoms with Gasteiger partial charge in [-0.1, -0.05) is 18.6 Å². The normalized spacial score (nSPS) is 15.1. The number of carbonyl (C=O) groups excluding carboxylic acids is 1. The Morgan fingerprint density at radius 1 is 0.968 bits per heavy atom. The van der Waals surface area contributed by atoms with Crippen LogP contribution in [0.3, 0.4) is 0 Å². The minimum absolute atomic E-state index is 0.151. The van der Waals surface area contributed by atoms with Gasteiger partial charge in [-0.3, -0.25) is 4.79 Å². The summed E-state index contributed by atoms with van der Waals surface area (Å²) in [6, 6.07) is 14.8. The molecule has 0 unspecified atom stereocenters. The molecule has 31 heavy (non-hydrogen) atoms. The third-order valence-corrected chi connectivity index (χ3v) is 7.33. The zero-order chi connectivity index (χ0) is 21.8. The van der Waals surface area contributed by atoms with Gasteiger partial charge in [0, 0.05) is 36.7 Å². The molecular formula is C23H24N2O5S. The standard InChI is InChI=1S/C23H24N2O5S/c26-22(24-19-8-11-21-18(16-19)7-13-23(27)30-21)12-6-17-4-9-20(10-5-17)31(28,29)25-14-2-1-3-15-25/h4-5,7-11,13,16H,1-3,6,12,14-15H2,(H,24,26). The van der Waals surface area contributed by atoms with Crippen molar-refractivity contribution in [2.24, 2.45) is 0 Å². The van der Waals surface area contributed by atoms with E-state index >= 15 is 0 Å². The molecule has 0 radical (unpaired) electrons. The molecule has 0 atom stereocenters. The third kappa shape index (κ3) is 5.03. The minimum atomic E-state index is -3.44. The summed E-state index contributed by atoms with van der Waals surface area (Å²) >= 11 is 0. The molecule has 1 fully saturated rings. The van der Waals surface area contributed by atoms with Crippen LogP contribution in [0.15, 0.2) is 68.7 Å². The van der Waals surface area contributed by atoms with Gasteiger partial charge in [0.05, 0.1) is 4.90 Å². The highest BCUT2D eigenvalue weighted by Gasteiger charge is 2.25. The summed E-state index contributed by atoms with van der Waals surface area (Å²) in [7, 11) is -3.44. The lowest BCUT2D eigenvalue weighted by Gasteiger charge is -2.25. The number of nitrogens with one attached hydrogen (secondary N) is 1. The molecule has 0 aliphatic carbocycles. The van der Waals surface area contributed by atoms with Crippen LogP contribution in [-0.2, 0) is 21.2 Å². The molecule has 1 aliphatic heterocycles. The Bertz CT molecular complexity index is 1240. The lowest BCUT2D eigenvalue weighted by atomic mass is 10.1. The van der Waals surface area contributed by atoms with Crippen molar-refractivity contribution in [2.45, 2.75) is 37.0 Å². The van der Waals surface area contributed by atoms with Gasteiger partial charge in [0.15, 0.2) is 0 Å². The highest BCUT2D eigenvalue weighted by atomic mass is 32.2. The van der Waals surface area contributed by atoms with Crippen molar-refractivity contribution in [2.75, 3.05) is 18.4 Å². The molecule has 0 spiro atoms. The van der Waals surface area contributed by atoms with E-state index in [1.54, 1.807) is 52.8 Å². The molecule has 162 valence electrons. The van der Waals surface area contributed by atoms with E-state index in [1.165, 1.54) is 6.07 Å². The SMILES string of the molecule is O=C(CCc1ccc(S(=O)(=O)N2CCCCC2)cc1)Nc1ccc2oc(=O)ccc2c1. The van der Waals surface area contributed by atoms with E-state index in [1.807, 2.05) is 0 Å². The van der Waals surface area contributed by atoms with Crippen LogP contribution in [0, 0.1) is 0 Å². The quantitative estimate of drug-likeness (QED) is 0.592. The number of sulfonamides is 1. The maximum atomic E-state index is 12.7. The lowest BCUT2D eigenvalue weighted by molar-refractivity contribution is -0.116. The predicted octanol–water partition coefficient (Wildman–Crippen LogP) is 3.54. The molecule has 1 amide bonds. The highest BCUT2D eigenvalue weighted by molar-refractivity contribution is 7.89. The molecule has 8 heteroatoms. The Labute approximate surface area is 180 Å². The fourth-order valence-corrected chi connectivity index (χ4v) is 5.23. The topological polar surface area (TPSA) is 96.7 Å². The van der Waals surface area contributed by atoms with Crippen molar-refractivity contribution in [3.63, 3.8) is 0 Å². The zero-order valence-electron chi connectivity index (χ0n) is 17.0. The summed E-state index contributed by atoms with van der Waals surface area (Å²) in [5, 5.41) is 3.56. The van der Waals surface area contributed by atoms with Crippen LogP contribution in [0.4, 0.5) is 5.69 Å². The summed E-state index contributed by atoms with van der Waals surface area (Å²) in [6.45, 7) is 1.15. The first-order valence-corrected chi connectivity index (χ1v) is 11.8. The van der Waals surface area contributed by atoms with E-state index in [0.717, 1.165) is 30.2 Å². The second-order valence-corrected chi connectivity index (χ2v) is 9.60. The van der Waals surface area contributed by atoms with Crippen LogP contribution in [0.1, 0.15) is 31.2 Å². The molecule has 1 N–H and O–H groups in total. The second kappa shape index (κ2) is 9.03. The second-order valence-electron chi connectivity index (χ2n) is 7.66. The van der Waals surface area contributed by atoms with Gasteiger partial charge < -0.3 is 9.73 Å². The van der Waals surface area contributed by atoms with Crippen molar-refractivity contribution < 1.29 is 17.6 Å². The van der Waals surface area contributed by atoms with Crippen LogP contribution in [0.25, 0.3) is 11.0 Å². The van der Waals surface area contributed by atoms with Crippen molar-refractivity contribution >= 4 is 32.6 Å². The third-order valence-electron chi connectivity index (χ3n) is 5.42. The fourth-order valence-electron chi connectivity index (χ4n) is 3.71. The molecule has 0 bridgehead atoms. The maximum absolute atomic E-state index is 12.7. The van der Waals surface area contributed by atoms with Gasteiger partial charge in [0.1, 0.15) is 5.58 Å². The number of aryl methyl sites for hydroxylation is 1. The highest BCUT2D eigenvalue weighted by Crippen LogP contribution is 2.21. The smallest absolute Gasteiger partial charge is 0.336 e. The zero-order valence-corrected chi connectivity index (χ0v) is 17.9. The Morgan fingerprint density at radius 3 is 2.45 bits per heavy atom. The Kier molecular flexibility index (Phi) is 6.20. The summed E-state index contributed by atoms with van der Waals surface area (Å²) in [5.41, 5.74) is 1.56. The molecule has 7 nitrogen and oxygen atoms in total. The maximum Gasteiger partial charge on any atom is 0.336 e. The average molecular weight is 441 g/mol. The van der Waals surface area contributed by atoms with E-state index < -0.39 is 15.6 Å². The van der Waals surface area contributed by atoms with Crippen LogP contribution < -0.4 is 10.9 Å². The summed E-state index contributed by atoms with van der Waals surface area (Å²) < 4.78 is 32.1. The van der Waals surface area contributed by atoms with E-state index in [4.69, 9.17) is 4.42 Å². The van der Waals surface area contributed by atoms with Crippen LogP contribution in [0.2, 0.25) is 0 Å². The van der Waals surface area contributed by atoms with Gasteiger partial charge in [-0.05, 0) is 61.2 Å². The number of fused-ring (bicyclic) bond motifs is 1. The van der Waals surface area contributed by atoms with Gasteiger partial charge in [-0.25, -0.2) is 13.2 Å². The number of amides is 1. The van der Waals surface area contributed by atoms with Crippen LogP contribution in [-0.4, -0.2) is 31.7 Å². The first kappa shape index (κ1) is 21.3. The Morgan fingerprint density at radius 2 is 1.71 bits per heavy atom. The number of piperidine rings is 1. The number of nitrogens with zero attached hydrogens (tertiary/aromatic N) is 1. The number of hydrogen-bond acceptors (Lipinski definition) is 5. The van der Waals surface area contributed by atoms with Gasteiger partial charge in [-0.15, -0.1) is 0 Å². The molecule has 1 saturated heterocycles. The van der Waals surface area contributed by atoms with Crippen LogP contribution >= 0.6 is 0 Å². The number of benzene rings is 2. The van der Waals surface area contributed by atoms with Gasteiger partial charge in [0.2, 0.25) is 15.9 Å². The van der Waals surface area contributed by atoms with Gasteiger partial charge in [0.25, 0.3) is 0 Å². The molecule has 1 aromatic heterocycles. The number of rotatable bonds is 6. The molecule has 2 heterocycles. The number of carbonyl (C=O) groups is 1. The van der Waals surface area contributed by atoms with Gasteiger partial charge >= 0.3 is 5.63 Å². The molecular weight excluding hydrogens is 416 g/mol. The number of anilines is 1. The first-order valence-electron chi connectivity index (χ1n) is 10.3. The number of hydrogen-bond donors (Lipinski definition) is 1. The molecule has 0 saturated carbocycles. The van der Waals surface area contributed by atoms with Crippen molar-refractivity contribution in [1.82, 2.24) is 4.31 Å². The predicted molar refractivity (Wildman–Crippen MR) is 118 cm³/mol. The molecule has 2 aromatic carbocycles. The average Bonchev–Trinajstić information content (AvgIpc) is 2.79. The Hall–Kier alpha value is -2.97. The van der Waals surface area contributed by atoms with E-state index in [2.05, 4.69) is 5.32 Å². The molecule has 3 aromatic rings. The largest absolute Gasteiger partial charge is 0.423 e. The first-order chi connectivity index (χ1) is 14.9. The Balaban J connectivity index is 1.35. The van der Waals surface area contributed by atoms with E-state index in [-0.39, 0.29) is 12.3 Å². The lowest BCUT2D eigenvalue weighted by Crippen LogP contribution is -2.35. The van der Waals surface area contributed by atoms with E-state index in [9.17, 15) is 18.0 Å². The summed E-state index contributed by atoms with van der Waals surface area (Å²) in [4.78, 5) is 23.9.